The molecule has 2 heterocycles. The van der Waals surface area contributed by atoms with Crippen molar-refractivity contribution in [3.8, 4) is 0 Å². The lowest BCUT2D eigenvalue weighted by molar-refractivity contribution is 0.102. The lowest BCUT2D eigenvalue weighted by Crippen LogP contribution is -2.11. The Kier molecular flexibility index (Phi) is 2.69. The maximum Gasteiger partial charge on any atom is 0.286 e. The zero-order valence-electron chi connectivity index (χ0n) is 8.85. The molecule has 0 spiro atoms. The average molecular weight is 280 g/mol. The summed E-state index contributed by atoms with van der Waals surface area (Å²) in [6, 6.07) is 5.45. The molecule has 0 atom stereocenters. The van der Waals surface area contributed by atoms with E-state index < -0.39 is 0 Å². The van der Waals surface area contributed by atoms with Crippen LogP contribution in [0.25, 0.3) is 10.9 Å². The van der Waals surface area contributed by atoms with Crippen LogP contribution in [0.4, 0.5) is 5.69 Å². The summed E-state index contributed by atoms with van der Waals surface area (Å²) in [5.41, 5.74) is 1.51. The van der Waals surface area contributed by atoms with E-state index >= 15 is 0 Å². The Bertz CT molecular complexity index is 722. The van der Waals surface area contributed by atoms with Gasteiger partial charge in [-0.1, -0.05) is 11.3 Å². The molecule has 0 aliphatic heterocycles. The molecule has 2 aromatic heterocycles. The number of hydrogen-bond donors (Lipinski definition) is 2. The smallest absolute Gasteiger partial charge is 0.286 e. The summed E-state index contributed by atoms with van der Waals surface area (Å²) < 4.78 is 0.240. The molecule has 90 valence electrons. The fraction of sp³-hybridized carbons (Fsp3) is 0. The Hall–Kier alpha value is -1.99. The van der Waals surface area contributed by atoms with Gasteiger partial charge in [0.15, 0.2) is 0 Å². The molecule has 0 fully saturated rings. The number of benzene rings is 1. The van der Waals surface area contributed by atoms with E-state index in [2.05, 4.69) is 25.7 Å². The van der Waals surface area contributed by atoms with Crippen LogP contribution in [-0.4, -0.2) is 26.3 Å². The van der Waals surface area contributed by atoms with Crippen LogP contribution in [0, 0.1) is 0 Å². The van der Waals surface area contributed by atoms with E-state index in [0.29, 0.717) is 5.69 Å². The van der Waals surface area contributed by atoms with Gasteiger partial charge in [0.05, 0.1) is 11.7 Å². The van der Waals surface area contributed by atoms with Gasteiger partial charge in [0.2, 0.25) is 9.47 Å². The predicted molar refractivity (Wildman–Crippen MR) is 69.0 cm³/mol. The number of fused-ring (bicyclic) bond motifs is 1. The van der Waals surface area contributed by atoms with E-state index in [1.54, 1.807) is 18.3 Å². The largest absolute Gasteiger partial charge is 0.320 e. The summed E-state index contributed by atoms with van der Waals surface area (Å²) in [6.45, 7) is 0. The highest BCUT2D eigenvalue weighted by molar-refractivity contribution is 7.17. The molecule has 18 heavy (non-hydrogen) atoms. The molecule has 0 unspecified atom stereocenters. The number of anilines is 1. The van der Waals surface area contributed by atoms with Gasteiger partial charge in [-0.2, -0.15) is 5.10 Å². The first kappa shape index (κ1) is 11.1. The average Bonchev–Trinajstić information content (AvgIpc) is 2.96. The summed E-state index contributed by atoms with van der Waals surface area (Å²) in [5.74, 6) is -0.335. The zero-order chi connectivity index (χ0) is 12.5. The Morgan fingerprint density at radius 2 is 2.28 bits per heavy atom. The van der Waals surface area contributed by atoms with Gasteiger partial charge in [-0.3, -0.25) is 9.89 Å². The molecule has 1 aromatic carbocycles. The van der Waals surface area contributed by atoms with Crippen molar-refractivity contribution in [2.75, 3.05) is 5.32 Å². The first-order valence-corrected chi connectivity index (χ1v) is 6.15. The van der Waals surface area contributed by atoms with E-state index in [0.717, 1.165) is 22.2 Å². The fourth-order valence-electron chi connectivity index (χ4n) is 1.50. The third kappa shape index (κ3) is 2.05. The lowest BCUT2D eigenvalue weighted by Gasteiger charge is -2.01. The lowest BCUT2D eigenvalue weighted by atomic mass is 10.2. The Morgan fingerprint density at radius 1 is 1.39 bits per heavy atom. The van der Waals surface area contributed by atoms with Crippen molar-refractivity contribution < 1.29 is 4.79 Å². The number of nitrogens with one attached hydrogen (secondary N) is 2. The molecule has 3 aromatic rings. The van der Waals surface area contributed by atoms with Gasteiger partial charge in [-0.05, 0) is 29.8 Å². The molecule has 0 bridgehead atoms. The number of aromatic amines is 1. The number of halogens is 1. The van der Waals surface area contributed by atoms with E-state index in [9.17, 15) is 4.79 Å². The van der Waals surface area contributed by atoms with Gasteiger partial charge in [0.25, 0.3) is 5.91 Å². The van der Waals surface area contributed by atoms with Gasteiger partial charge in [-0.25, -0.2) is 0 Å². The Labute approximate surface area is 110 Å². The van der Waals surface area contributed by atoms with Gasteiger partial charge >= 0.3 is 0 Å². The van der Waals surface area contributed by atoms with E-state index in [-0.39, 0.29) is 15.4 Å². The summed E-state index contributed by atoms with van der Waals surface area (Å²) in [4.78, 5) is 11.8. The predicted octanol–water partition coefficient (Wildman–Crippen LogP) is 2.32. The molecule has 0 aliphatic carbocycles. The molecule has 0 aliphatic rings. The van der Waals surface area contributed by atoms with Crippen molar-refractivity contribution in [1.29, 1.82) is 0 Å². The molecule has 1 amide bonds. The van der Waals surface area contributed by atoms with Crippen LogP contribution in [0.15, 0.2) is 24.4 Å². The minimum absolute atomic E-state index is 0.227. The molecule has 2 N–H and O–H groups in total. The summed E-state index contributed by atoms with van der Waals surface area (Å²) in [5, 5.41) is 17.9. The second-order valence-corrected chi connectivity index (χ2v) is 5.05. The van der Waals surface area contributed by atoms with Gasteiger partial charge in [0, 0.05) is 11.1 Å². The van der Waals surface area contributed by atoms with Crippen LogP contribution in [0.3, 0.4) is 0 Å². The quantitative estimate of drug-likeness (QED) is 0.754. The summed E-state index contributed by atoms with van der Waals surface area (Å²) in [6.07, 6.45) is 1.71. The number of rotatable bonds is 2. The number of H-pyrrole nitrogens is 1. The SMILES string of the molecule is O=C(Nc1ccc2cn[nH]c2c1)c1nnc(Cl)s1. The highest BCUT2D eigenvalue weighted by Gasteiger charge is 2.12. The van der Waals surface area contributed by atoms with E-state index in [1.807, 2.05) is 6.07 Å². The fourth-order valence-corrected chi connectivity index (χ4v) is 2.22. The molecular formula is C10H6ClN5OS. The van der Waals surface area contributed by atoms with E-state index in [4.69, 9.17) is 11.6 Å². The number of nitrogens with zero attached hydrogens (tertiary/aromatic N) is 3. The minimum Gasteiger partial charge on any atom is -0.320 e. The third-order valence-electron chi connectivity index (χ3n) is 2.29. The van der Waals surface area contributed by atoms with Crippen molar-refractivity contribution in [3.05, 3.63) is 33.9 Å². The van der Waals surface area contributed by atoms with Crippen LogP contribution in [-0.2, 0) is 0 Å². The molecule has 6 nitrogen and oxygen atoms in total. The van der Waals surface area contributed by atoms with E-state index in [1.165, 1.54) is 0 Å². The van der Waals surface area contributed by atoms with Crippen LogP contribution < -0.4 is 5.32 Å². The third-order valence-corrected chi connectivity index (χ3v) is 3.31. The highest BCUT2D eigenvalue weighted by Crippen LogP contribution is 2.19. The second kappa shape index (κ2) is 4.35. The van der Waals surface area contributed by atoms with Gasteiger partial charge in [0.1, 0.15) is 0 Å². The molecule has 8 heteroatoms. The standard InChI is InChI=1S/C10H6ClN5OS/c11-10-16-15-9(18-10)8(17)13-6-2-1-5-4-12-14-7(5)3-6/h1-4H,(H,12,14)(H,13,17). The van der Waals surface area contributed by atoms with Crippen LogP contribution >= 0.6 is 22.9 Å². The van der Waals surface area contributed by atoms with Crippen LogP contribution in [0.5, 0.6) is 0 Å². The molecule has 0 saturated carbocycles. The van der Waals surface area contributed by atoms with Crippen molar-refractivity contribution in [2.24, 2.45) is 0 Å². The minimum atomic E-state index is -0.335. The first-order valence-electron chi connectivity index (χ1n) is 4.96. The molecular weight excluding hydrogens is 274 g/mol. The van der Waals surface area contributed by atoms with Crippen molar-refractivity contribution in [1.82, 2.24) is 20.4 Å². The Balaban J connectivity index is 1.85. The molecule has 3 rings (SSSR count). The molecule has 0 radical (unpaired) electrons. The van der Waals surface area contributed by atoms with Crippen molar-refractivity contribution in [2.45, 2.75) is 0 Å². The summed E-state index contributed by atoms with van der Waals surface area (Å²) >= 11 is 6.65. The molecule has 0 saturated heterocycles. The topological polar surface area (TPSA) is 83.6 Å². The number of hydrogen-bond acceptors (Lipinski definition) is 5. The first-order chi connectivity index (χ1) is 8.72. The number of carbonyl (C=O) groups is 1. The second-order valence-electron chi connectivity index (χ2n) is 3.49. The number of aromatic nitrogens is 4. The monoisotopic (exact) mass is 279 g/mol. The Morgan fingerprint density at radius 3 is 3.06 bits per heavy atom. The van der Waals surface area contributed by atoms with Gasteiger partial charge in [-0.15, -0.1) is 10.2 Å². The number of carbonyl (C=O) groups excluding carboxylic acids is 1. The van der Waals surface area contributed by atoms with Crippen molar-refractivity contribution in [3.63, 3.8) is 0 Å². The van der Waals surface area contributed by atoms with Crippen molar-refractivity contribution >= 4 is 45.4 Å². The maximum absolute atomic E-state index is 11.8. The number of amides is 1. The summed E-state index contributed by atoms with van der Waals surface area (Å²) in [7, 11) is 0. The highest BCUT2D eigenvalue weighted by atomic mass is 35.5. The maximum atomic E-state index is 11.8. The normalized spacial score (nSPS) is 10.7. The van der Waals surface area contributed by atoms with Crippen LogP contribution in [0.2, 0.25) is 4.47 Å². The van der Waals surface area contributed by atoms with Crippen LogP contribution in [0.1, 0.15) is 9.80 Å². The zero-order valence-corrected chi connectivity index (χ0v) is 10.4. The van der Waals surface area contributed by atoms with Gasteiger partial charge < -0.3 is 5.32 Å².